The van der Waals surface area contributed by atoms with E-state index in [0.29, 0.717) is 0 Å². The lowest BCUT2D eigenvalue weighted by molar-refractivity contribution is -0.356. The largest absolute Gasteiger partial charge is 0.455 e. The van der Waals surface area contributed by atoms with Gasteiger partial charge in [-0.1, -0.05) is 6.08 Å². The molecule has 130 valence electrons. The van der Waals surface area contributed by atoms with Crippen molar-refractivity contribution in [1.82, 2.24) is 0 Å². The predicted octanol–water partition coefficient (Wildman–Crippen LogP) is 0.539. The van der Waals surface area contributed by atoms with Crippen LogP contribution in [0.4, 0.5) is 0 Å². The van der Waals surface area contributed by atoms with Gasteiger partial charge in [0.1, 0.15) is 12.2 Å². The summed E-state index contributed by atoms with van der Waals surface area (Å²) in [6.07, 6.45) is -2.77. The summed E-state index contributed by atoms with van der Waals surface area (Å²) in [5, 5.41) is 0. The van der Waals surface area contributed by atoms with Gasteiger partial charge >= 0.3 is 11.9 Å². The summed E-state index contributed by atoms with van der Waals surface area (Å²) in [6, 6.07) is 0. The molecule has 0 amide bonds. The van der Waals surface area contributed by atoms with Gasteiger partial charge in [0.05, 0.1) is 13.2 Å². The lowest BCUT2D eigenvalue weighted by Crippen LogP contribution is -2.64. The van der Waals surface area contributed by atoms with Crippen molar-refractivity contribution < 1.29 is 38.0 Å². The molecule has 6 atom stereocenters. The molecule has 2 heterocycles. The number of carbonyl (C=O) groups is 2. The summed E-state index contributed by atoms with van der Waals surface area (Å²) < 4.78 is 33.0. The second-order valence-electron chi connectivity index (χ2n) is 5.31. The van der Waals surface area contributed by atoms with E-state index in [-0.39, 0.29) is 13.2 Å². The Kier molecular flexibility index (Phi) is 6.11. The topological polar surface area (TPSA) is 89.5 Å². The average molecular weight is 330 g/mol. The van der Waals surface area contributed by atoms with Crippen LogP contribution in [-0.4, -0.2) is 62.1 Å². The van der Waals surface area contributed by atoms with Crippen LogP contribution in [0.1, 0.15) is 20.8 Å². The monoisotopic (exact) mass is 330 g/mol. The van der Waals surface area contributed by atoms with Gasteiger partial charge in [0.15, 0.2) is 24.8 Å². The lowest BCUT2D eigenvalue weighted by atomic mass is 9.97. The van der Waals surface area contributed by atoms with Crippen molar-refractivity contribution in [1.29, 1.82) is 0 Å². The van der Waals surface area contributed by atoms with Gasteiger partial charge < -0.3 is 28.4 Å². The van der Waals surface area contributed by atoms with E-state index in [0.717, 1.165) is 0 Å². The molecule has 0 aromatic carbocycles. The van der Waals surface area contributed by atoms with E-state index < -0.39 is 48.9 Å². The zero-order chi connectivity index (χ0) is 17.0. The van der Waals surface area contributed by atoms with E-state index >= 15 is 0 Å². The maximum absolute atomic E-state index is 11.5. The van der Waals surface area contributed by atoms with Gasteiger partial charge in [-0.25, -0.2) is 0 Å². The molecule has 8 nitrogen and oxygen atoms in total. The normalized spacial score (nSPS) is 36.7. The van der Waals surface area contributed by atoms with Gasteiger partial charge in [0.2, 0.25) is 0 Å². The van der Waals surface area contributed by atoms with Crippen molar-refractivity contribution in [2.24, 2.45) is 0 Å². The number of fused-ring (bicyclic) bond motifs is 1. The van der Waals surface area contributed by atoms with Gasteiger partial charge in [-0.05, 0) is 6.92 Å². The smallest absolute Gasteiger partial charge is 0.303 e. The van der Waals surface area contributed by atoms with Crippen LogP contribution in [0.5, 0.6) is 0 Å². The Labute approximate surface area is 134 Å². The molecule has 2 fully saturated rings. The van der Waals surface area contributed by atoms with Gasteiger partial charge in [-0.3, -0.25) is 9.59 Å². The summed E-state index contributed by atoms with van der Waals surface area (Å²) in [6.45, 7) is 8.27. The second kappa shape index (κ2) is 7.87. The Morgan fingerprint density at radius 3 is 2.43 bits per heavy atom. The minimum absolute atomic E-state index is 0.185. The zero-order valence-corrected chi connectivity index (χ0v) is 13.4. The van der Waals surface area contributed by atoms with Gasteiger partial charge in [-0.15, -0.1) is 6.58 Å². The first-order valence-corrected chi connectivity index (χ1v) is 7.41. The molecule has 0 N–H and O–H groups in total. The molecule has 0 radical (unpaired) electrons. The molecular weight excluding hydrogens is 308 g/mol. The summed E-state index contributed by atoms with van der Waals surface area (Å²) >= 11 is 0. The Hall–Kier alpha value is -1.48. The van der Waals surface area contributed by atoms with E-state index in [2.05, 4.69) is 6.58 Å². The highest BCUT2D eigenvalue weighted by Gasteiger charge is 2.53. The molecule has 2 rings (SSSR count). The van der Waals surface area contributed by atoms with E-state index in [9.17, 15) is 9.59 Å². The Morgan fingerprint density at radius 2 is 1.83 bits per heavy atom. The first kappa shape index (κ1) is 17.9. The molecular formula is C15H22O8. The first-order chi connectivity index (χ1) is 10.9. The maximum atomic E-state index is 11.5. The third kappa shape index (κ3) is 4.51. The molecule has 0 saturated carbocycles. The maximum Gasteiger partial charge on any atom is 0.303 e. The van der Waals surface area contributed by atoms with Crippen molar-refractivity contribution in [2.45, 2.75) is 57.8 Å². The van der Waals surface area contributed by atoms with Crippen LogP contribution in [0.15, 0.2) is 12.7 Å². The van der Waals surface area contributed by atoms with Crippen molar-refractivity contribution in [3.05, 3.63) is 12.7 Å². The summed E-state index contributed by atoms with van der Waals surface area (Å²) in [7, 11) is 0. The van der Waals surface area contributed by atoms with Crippen LogP contribution in [-0.2, 0) is 38.0 Å². The fourth-order valence-corrected chi connectivity index (χ4v) is 2.61. The Bertz CT molecular complexity index is 451. The quantitative estimate of drug-likeness (QED) is 0.533. The van der Waals surface area contributed by atoms with Crippen molar-refractivity contribution >= 4 is 11.9 Å². The number of esters is 2. The van der Waals surface area contributed by atoms with Crippen LogP contribution < -0.4 is 0 Å². The van der Waals surface area contributed by atoms with E-state index in [4.69, 9.17) is 28.4 Å². The number of ether oxygens (including phenoxy) is 6. The van der Waals surface area contributed by atoms with Crippen molar-refractivity contribution in [3.63, 3.8) is 0 Å². The third-order valence-corrected chi connectivity index (χ3v) is 3.42. The number of hydrogen-bond donors (Lipinski definition) is 0. The molecule has 2 saturated heterocycles. The van der Waals surface area contributed by atoms with Crippen molar-refractivity contribution in [3.8, 4) is 0 Å². The molecule has 0 aromatic rings. The van der Waals surface area contributed by atoms with Crippen molar-refractivity contribution in [2.75, 3.05) is 13.2 Å². The fourth-order valence-electron chi connectivity index (χ4n) is 2.61. The van der Waals surface area contributed by atoms with Crippen LogP contribution >= 0.6 is 0 Å². The van der Waals surface area contributed by atoms with Gasteiger partial charge in [0, 0.05) is 13.8 Å². The van der Waals surface area contributed by atoms with Crippen LogP contribution in [0.25, 0.3) is 0 Å². The predicted molar refractivity (Wildman–Crippen MR) is 76.2 cm³/mol. The van der Waals surface area contributed by atoms with E-state index in [1.165, 1.54) is 19.9 Å². The van der Waals surface area contributed by atoms with Crippen LogP contribution in [0.2, 0.25) is 0 Å². The lowest BCUT2D eigenvalue weighted by Gasteiger charge is -2.47. The summed E-state index contributed by atoms with van der Waals surface area (Å²) in [5.74, 6) is -1.06. The second-order valence-corrected chi connectivity index (χ2v) is 5.31. The molecule has 23 heavy (non-hydrogen) atoms. The van der Waals surface area contributed by atoms with Crippen LogP contribution in [0.3, 0.4) is 0 Å². The Balaban J connectivity index is 2.25. The summed E-state index contributed by atoms with van der Waals surface area (Å²) in [5.41, 5.74) is 0. The van der Waals surface area contributed by atoms with Gasteiger partial charge in [0.25, 0.3) is 0 Å². The summed E-state index contributed by atoms with van der Waals surface area (Å²) in [4.78, 5) is 22.9. The highest BCUT2D eigenvalue weighted by atomic mass is 16.8. The highest BCUT2D eigenvalue weighted by molar-refractivity contribution is 5.67. The molecule has 0 unspecified atom stereocenters. The van der Waals surface area contributed by atoms with Gasteiger partial charge in [-0.2, -0.15) is 0 Å². The molecule has 8 heteroatoms. The molecule has 0 spiro atoms. The average Bonchev–Trinajstić information content (AvgIpc) is 2.47. The van der Waals surface area contributed by atoms with E-state index in [1.807, 2.05) is 0 Å². The molecule has 0 bridgehead atoms. The first-order valence-electron chi connectivity index (χ1n) is 7.41. The third-order valence-electron chi connectivity index (χ3n) is 3.42. The van der Waals surface area contributed by atoms with E-state index in [1.54, 1.807) is 6.92 Å². The zero-order valence-electron chi connectivity index (χ0n) is 13.4. The number of hydrogen-bond acceptors (Lipinski definition) is 8. The number of rotatable bonds is 5. The number of carbonyl (C=O) groups excluding carboxylic acids is 2. The minimum Gasteiger partial charge on any atom is -0.455 e. The molecule has 0 aromatic heterocycles. The Morgan fingerprint density at radius 1 is 1.17 bits per heavy atom. The fraction of sp³-hybridized carbons (Fsp3) is 0.733. The standard InChI is InChI=1S/C15H22O8/c1-5-6-18-15-14(21-9(3)17)13(20-8(2)16)12-11(23-15)7-19-10(4)22-12/h5,10-15H,1,6-7H2,2-4H3/t10-,11-,12-,13+,14-,15-/m1/s1. The molecule has 0 aliphatic carbocycles. The van der Waals surface area contributed by atoms with Crippen LogP contribution in [0, 0.1) is 0 Å². The highest BCUT2D eigenvalue weighted by Crippen LogP contribution is 2.32. The molecule has 2 aliphatic rings. The SMILES string of the molecule is C=CCO[C@@H]1O[C@@H]2CO[C@@H](C)O[C@H]2[C@H](OC(C)=O)[C@H]1OC(C)=O. The minimum atomic E-state index is -0.942. The molecule has 2 aliphatic heterocycles.